The smallest absolute Gasteiger partial charge is 0.194 e. The normalized spacial score (nSPS) is 10.7. The van der Waals surface area contributed by atoms with Gasteiger partial charge in [-0.05, 0) is 18.2 Å². The van der Waals surface area contributed by atoms with Gasteiger partial charge in [0, 0.05) is 26.6 Å². The van der Waals surface area contributed by atoms with Crippen molar-refractivity contribution in [2.75, 3.05) is 0 Å². The fourth-order valence-electron chi connectivity index (χ4n) is 1.94. The molecule has 1 aromatic heterocycles. The van der Waals surface area contributed by atoms with E-state index in [1.165, 1.54) is 23.5 Å². The minimum atomic E-state index is -0.389. The summed E-state index contributed by atoms with van der Waals surface area (Å²) < 4.78 is 14.2. The maximum atomic E-state index is 13.1. The van der Waals surface area contributed by atoms with Crippen LogP contribution in [0.5, 0.6) is 0 Å². The molecule has 0 atom stereocenters. The van der Waals surface area contributed by atoms with E-state index in [9.17, 15) is 9.18 Å². The summed E-state index contributed by atoms with van der Waals surface area (Å²) in [6, 6.07) is 13.5. The minimum absolute atomic E-state index is 0.132. The lowest BCUT2D eigenvalue weighted by molar-refractivity contribution is 0.104. The Hall–Kier alpha value is -2.00. The van der Waals surface area contributed by atoms with Crippen LogP contribution in [0.15, 0.2) is 53.9 Å². The Morgan fingerprint density at radius 1 is 1.06 bits per heavy atom. The summed E-state index contributed by atoms with van der Waals surface area (Å²) in [5.41, 5.74) is 1.03. The molecule has 0 unspecified atom stereocenters. The molecule has 0 radical (unpaired) electrons. The van der Waals surface area contributed by atoms with E-state index in [1.54, 1.807) is 12.1 Å². The van der Waals surface area contributed by atoms with Crippen molar-refractivity contribution in [3.63, 3.8) is 0 Å². The first-order chi connectivity index (χ1) is 8.75. The van der Waals surface area contributed by atoms with Crippen molar-refractivity contribution in [3.05, 3.63) is 70.9 Å². The van der Waals surface area contributed by atoms with Crippen LogP contribution < -0.4 is 0 Å². The van der Waals surface area contributed by atoms with Gasteiger partial charge in [-0.2, -0.15) is 0 Å². The average molecular weight is 256 g/mol. The zero-order valence-electron chi connectivity index (χ0n) is 9.39. The fourth-order valence-corrected chi connectivity index (χ4v) is 2.88. The number of rotatable bonds is 2. The van der Waals surface area contributed by atoms with E-state index in [-0.39, 0.29) is 11.6 Å². The summed E-state index contributed by atoms with van der Waals surface area (Å²) in [5, 5.41) is 2.76. The van der Waals surface area contributed by atoms with Crippen molar-refractivity contribution in [1.82, 2.24) is 0 Å². The average Bonchev–Trinajstić information content (AvgIpc) is 2.82. The van der Waals surface area contributed by atoms with Gasteiger partial charge in [0.15, 0.2) is 5.78 Å². The molecular formula is C15H9FOS. The molecule has 1 nitrogen and oxygen atoms in total. The first-order valence-corrected chi connectivity index (χ1v) is 6.40. The molecule has 0 spiro atoms. The number of ketones is 1. The Kier molecular flexibility index (Phi) is 2.68. The molecule has 88 valence electrons. The molecule has 0 saturated heterocycles. The van der Waals surface area contributed by atoms with Gasteiger partial charge in [-0.1, -0.05) is 30.3 Å². The lowest BCUT2D eigenvalue weighted by Gasteiger charge is -2.00. The van der Waals surface area contributed by atoms with E-state index in [2.05, 4.69) is 0 Å². The van der Waals surface area contributed by atoms with E-state index in [0.29, 0.717) is 11.1 Å². The van der Waals surface area contributed by atoms with Crippen molar-refractivity contribution >= 4 is 27.2 Å². The largest absolute Gasteiger partial charge is 0.289 e. The van der Waals surface area contributed by atoms with Crippen LogP contribution in [0.25, 0.3) is 10.1 Å². The Morgan fingerprint density at radius 3 is 2.72 bits per heavy atom. The van der Waals surface area contributed by atoms with Gasteiger partial charge < -0.3 is 0 Å². The van der Waals surface area contributed by atoms with E-state index in [1.807, 2.05) is 29.6 Å². The molecule has 2 aromatic carbocycles. The van der Waals surface area contributed by atoms with Gasteiger partial charge in [0.05, 0.1) is 0 Å². The summed E-state index contributed by atoms with van der Waals surface area (Å²) in [6.07, 6.45) is 0. The van der Waals surface area contributed by atoms with Crippen molar-refractivity contribution in [3.8, 4) is 0 Å². The van der Waals surface area contributed by atoms with Crippen molar-refractivity contribution in [2.24, 2.45) is 0 Å². The predicted molar refractivity (Wildman–Crippen MR) is 71.7 cm³/mol. The molecule has 0 aliphatic carbocycles. The summed E-state index contributed by atoms with van der Waals surface area (Å²) in [4.78, 5) is 12.3. The molecule has 0 N–H and O–H groups in total. The lowest BCUT2D eigenvalue weighted by Crippen LogP contribution is -2.00. The monoisotopic (exact) mass is 256 g/mol. The Balaban J connectivity index is 2.12. The van der Waals surface area contributed by atoms with E-state index < -0.39 is 0 Å². The lowest BCUT2D eigenvalue weighted by atomic mass is 10.0. The van der Waals surface area contributed by atoms with E-state index in [4.69, 9.17) is 0 Å². The number of carbonyl (C=O) groups is 1. The second kappa shape index (κ2) is 4.35. The number of hydrogen-bond donors (Lipinski definition) is 0. The SMILES string of the molecule is O=C(c1cccc(F)c1)c1csc2ccccc12. The highest BCUT2D eigenvalue weighted by Gasteiger charge is 2.14. The highest BCUT2D eigenvalue weighted by molar-refractivity contribution is 7.17. The van der Waals surface area contributed by atoms with Gasteiger partial charge in [-0.15, -0.1) is 11.3 Å². The van der Waals surface area contributed by atoms with Crippen LogP contribution in [-0.4, -0.2) is 5.78 Å². The van der Waals surface area contributed by atoms with Gasteiger partial charge in [-0.3, -0.25) is 4.79 Å². The fraction of sp³-hybridized carbons (Fsp3) is 0. The molecule has 18 heavy (non-hydrogen) atoms. The first kappa shape index (κ1) is 11.1. The number of hydrogen-bond acceptors (Lipinski definition) is 2. The maximum Gasteiger partial charge on any atom is 0.194 e. The summed E-state index contributed by atoms with van der Waals surface area (Å²) in [6.45, 7) is 0. The zero-order valence-corrected chi connectivity index (χ0v) is 10.2. The second-order valence-electron chi connectivity index (χ2n) is 3.99. The number of benzene rings is 2. The summed E-state index contributed by atoms with van der Waals surface area (Å²) in [5.74, 6) is -0.521. The van der Waals surface area contributed by atoms with Crippen LogP contribution >= 0.6 is 11.3 Å². The Labute approximate surface area is 108 Å². The van der Waals surface area contributed by atoms with Crippen LogP contribution in [0.1, 0.15) is 15.9 Å². The van der Waals surface area contributed by atoms with Gasteiger partial charge in [0.25, 0.3) is 0 Å². The standard InChI is InChI=1S/C15H9FOS/c16-11-5-3-4-10(8-11)15(17)13-9-18-14-7-2-1-6-12(13)14/h1-9H. The Morgan fingerprint density at radius 2 is 1.89 bits per heavy atom. The zero-order chi connectivity index (χ0) is 12.5. The molecule has 0 saturated carbocycles. The van der Waals surface area contributed by atoms with Crippen LogP contribution in [0.3, 0.4) is 0 Å². The second-order valence-corrected chi connectivity index (χ2v) is 4.90. The molecule has 0 bridgehead atoms. The quantitative estimate of drug-likeness (QED) is 0.626. The Bertz CT molecular complexity index is 730. The van der Waals surface area contributed by atoms with E-state index >= 15 is 0 Å². The van der Waals surface area contributed by atoms with Crippen molar-refractivity contribution in [1.29, 1.82) is 0 Å². The highest BCUT2D eigenvalue weighted by atomic mass is 32.1. The predicted octanol–water partition coefficient (Wildman–Crippen LogP) is 4.27. The molecular weight excluding hydrogens is 247 g/mol. The third kappa shape index (κ3) is 1.83. The van der Waals surface area contributed by atoms with Gasteiger partial charge in [-0.25, -0.2) is 4.39 Å². The summed E-state index contributed by atoms with van der Waals surface area (Å²) >= 11 is 1.53. The number of fused-ring (bicyclic) bond motifs is 1. The number of carbonyl (C=O) groups excluding carboxylic acids is 1. The maximum absolute atomic E-state index is 13.1. The number of halogens is 1. The molecule has 0 aliphatic rings. The van der Waals surface area contributed by atoms with Crippen molar-refractivity contribution < 1.29 is 9.18 Å². The third-order valence-corrected chi connectivity index (χ3v) is 3.78. The molecule has 0 fully saturated rings. The van der Waals surface area contributed by atoms with Gasteiger partial charge >= 0.3 is 0 Å². The van der Waals surface area contributed by atoms with Crippen LogP contribution in [0.4, 0.5) is 4.39 Å². The van der Waals surface area contributed by atoms with Crippen LogP contribution in [0, 0.1) is 5.82 Å². The molecule has 3 heteroatoms. The first-order valence-electron chi connectivity index (χ1n) is 5.52. The van der Waals surface area contributed by atoms with Crippen molar-refractivity contribution in [2.45, 2.75) is 0 Å². The highest BCUT2D eigenvalue weighted by Crippen LogP contribution is 2.27. The molecule has 0 aliphatic heterocycles. The van der Waals surface area contributed by atoms with Gasteiger partial charge in [0.1, 0.15) is 5.82 Å². The molecule has 3 rings (SSSR count). The molecule has 0 amide bonds. The molecule has 1 heterocycles. The van der Waals surface area contributed by atoms with Gasteiger partial charge in [0.2, 0.25) is 0 Å². The molecule has 3 aromatic rings. The topological polar surface area (TPSA) is 17.1 Å². The van der Waals surface area contributed by atoms with Crippen LogP contribution in [-0.2, 0) is 0 Å². The minimum Gasteiger partial charge on any atom is -0.289 e. The number of thiophene rings is 1. The van der Waals surface area contributed by atoms with E-state index in [0.717, 1.165) is 10.1 Å². The third-order valence-electron chi connectivity index (χ3n) is 2.81. The summed E-state index contributed by atoms with van der Waals surface area (Å²) in [7, 11) is 0. The van der Waals surface area contributed by atoms with Crippen LogP contribution in [0.2, 0.25) is 0 Å².